The monoisotopic (exact) mass is 345 g/mol. The molecule has 0 bridgehead atoms. The summed E-state index contributed by atoms with van der Waals surface area (Å²) in [4.78, 5) is 10.8. The maximum atomic E-state index is 12.1. The van der Waals surface area contributed by atoms with Crippen molar-refractivity contribution in [3.05, 3.63) is 27.7 Å². The van der Waals surface area contributed by atoms with Crippen molar-refractivity contribution in [2.45, 2.75) is 18.7 Å². The lowest BCUT2D eigenvalue weighted by Crippen LogP contribution is -2.25. The van der Waals surface area contributed by atoms with Gasteiger partial charge in [-0.05, 0) is 47.5 Å². The van der Waals surface area contributed by atoms with Gasteiger partial charge in [-0.2, -0.15) is 4.72 Å². The van der Waals surface area contributed by atoms with Crippen molar-refractivity contribution in [1.29, 1.82) is 0 Å². The van der Waals surface area contributed by atoms with E-state index in [0.29, 0.717) is 10.0 Å². The van der Waals surface area contributed by atoms with Crippen molar-refractivity contribution in [3.63, 3.8) is 0 Å². The Bertz CT molecular complexity index is 671. The molecule has 5 nitrogen and oxygen atoms in total. The third-order valence-electron chi connectivity index (χ3n) is 2.28. The lowest BCUT2D eigenvalue weighted by atomic mass is 10.1. The molecule has 0 fully saturated rings. The van der Waals surface area contributed by atoms with E-state index in [9.17, 15) is 13.2 Å². The van der Waals surface area contributed by atoms with Crippen LogP contribution in [0.2, 0.25) is 0 Å². The van der Waals surface area contributed by atoms with E-state index >= 15 is 0 Å². The molecule has 0 amide bonds. The highest BCUT2D eigenvalue weighted by Gasteiger charge is 2.20. The van der Waals surface area contributed by atoms with E-state index < -0.39 is 16.0 Å². The zero-order valence-electron chi connectivity index (χ0n) is 10.3. The van der Waals surface area contributed by atoms with E-state index in [1.54, 1.807) is 13.8 Å². The van der Waals surface area contributed by atoms with Crippen LogP contribution in [0.3, 0.4) is 0 Å². The molecule has 0 saturated carbocycles. The van der Waals surface area contributed by atoms with E-state index in [2.05, 4.69) is 32.5 Å². The van der Waals surface area contributed by atoms with Gasteiger partial charge in [0, 0.05) is 4.47 Å². The van der Waals surface area contributed by atoms with Gasteiger partial charge < -0.3 is 5.11 Å². The first-order valence-electron chi connectivity index (χ1n) is 5.22. The highest BCUT2D eigenvalue weighted by molar-refractivity contribution is 9.10. The molecular weight excluding hydrogens is 334 g/mol. The Kier molecular flexibility index (Phi) is 5.11. The summed E-state index contributed by atoms with van der Waals surface area (Å²) in [6.07, 6.45) is 0. The fourth-order valence-corrected chi connectivity index (χ4v) is 3.32. The van der Waals surface area contributed by atoms with Crippen LogP contribution >= 0.6 is 15.9 Å². The quantitative estimate of drug-likeness (QED) is 0.814. The predicted molar refractivity (Wildman–Crippen MR) is 74.5 cm³/mol. The van der Waals surface area contributed by atoms with Crippen LogP contribution in [-0.2, 0) is 10.0 Å². The summed E-state index contributed by atoms with van der Waals surface area (Å²) in [6, 6.07) is 2.51. The van der Waals surface area contributed by atoms with E-state index in [4.69, 9.17) is 5.11 Å². The number of aromatic carboxylic acids is 1. The van der Waals surface area contributed by atoms with E-state index in [-0.39, 0.29) is 17.0 Å². The van der Waals surface area contributed by atoms with Gasteiger partial charge in [-0.25, -0.2) is 13.2 Å². The standard InChI is InChI=1S/C12H12BrNO4S/c1-3-4-5-14-19(17,18)10-7-9(12(15)16)6-8(2)11(10)13/h6-7,14H,5H2,1-2H3,(H,15,16). The molecule has 0 aliphatic rings. The molecular formula is C12H12BrNO4S. The van der Waals surface area contributed by atoms with Crippen LogP contribution < -0.4 is 4.72 Å². The minimum Gasteiger partial charge on any atom is -0.478 e. The number of carboxylic acids is 1. The summed E-state index contributed by atoms with van der Waals surface area (Å²) in [5.41, 5.74) is 0.449. The second kappa shape index (κ2) is 6.19. The molecule has 0 spiro atoms. The van der Waals surface area contributed by atoms with Crippen LogP contribution in [0.5, 0.6) is 0 Å². The molecule has 0 radical (unpaired) electrons. The molecule has 2 N–H and O–H groups in total. The lowest BCUT2D eigenvalue weighted by Gasteiger charge is -2.10. The van der Waals surface area contributed by atoms with Crippen LogP contribution in [0.15, 0.2) is 21.5 Å². The van der Waals surface area contributed by atoms with Crippen molar-refractivity contribution < 1.29 is 18.3 Å². The minimum absolute atomic E-state index is 0.0262. The average molecular weight is 346 g/mol. The van der Waals surface area contributed by atoms with Crippen molar-refractivity contribution in [2.24, 2.45) is 0 Å². The number of carboxylic acid groups (broad SMARTS) is 1. The van der Waals surface area contributed by atoms with E-state index in [0.717, 1.165) is 6.07 Å². The second-order valence-electron chi connectivity index (χ2n) is 3.66. The van der Waals surface area contributed by atoms with Crippen molar-refractivity contribution >= 4 is 31.9 Å². The molecule has 102 valence electrons. The van der Waals surface area contributed by atoms with Gasteiger partial charge in [0.2, 0.25) is 10.0 Å². The average Bonchev–Trinajstić information content (AvgIpc) is 2.32. The first-order chi connectivity index (χ1) is 8.79. The molecule has 0 heterocycles. The fourth-order valence-electron chi connectivity index (χ4n) is 1.35. The van der Waals surface area contributed by atoms with Gasteiger partial charge in [0.05, 0.1) is 17.0 Å². The number of benzene rings is 1. The second-order valence-corrected chi connectivity index (χ2v) is 6.19. The largest absolute Gasteiger partial charge is 0.478 e. The maximum Gasteiger partial charge on any atom is 0.335 e. The Labute approximate surface area is 120 Å². The summed E-state index contributed by atoms with van der Waals surface area (Å²) in [5.74, 6) is 3.96. The number of aryl methyl sites for hydroxylation is 1. The van der Waals surface area contributed by atoms with Crippen molar-refractivity contribution in [2.75, 3.05) is 6.54 Å². The van der Waals surface area contributed by atoms with Crippen LogP contribution in [0.4, 0.5) is 0 Å². The highest BCUT2D eigenvalue weighted by atomic mass is 79.9. The summed E-state index contributed by atoms with van der Waals surface area (Å²) in [7, 11) is -3.80. The Hall–Kier alpha value is -1.36. The van der Waals surface area contributed by atoms with Gasteiger partial charge in [-0.3, -0.25) is 0 Å². The molecule has 1 rings (SSSR count). The first kappa shape index (κ1) is 15.7. The third kappa shape index (κ3) is 3.80. The summed E-state index contributed by atoms with van der Waals surface area (Å²) in [5, 5.41) is 8.95. The van der Waals surface area contributed by atoms with Crippen LogP contribution in [0, 0.1) is 18.8 Å². The zero-order chi connectivity index (χ0) is 14.6. The highest BCUT2D eigenvalue weighted by Crippen LogP contribution is 2.27. The van der Waals surface area contributed by atoms with Crippen LogP contribution in [-0.4, -0.2) is 26.0 Å². The molecule has 0 aliphatic heterocycles. The molecule has 19 heavy (non-hydrogen) atoms. The number of halogens is 1. The minimum atomic E-state index is -3.80. The molecule has 1 aromatic carbocycles. The normalized spacial score (nSPS) is 10.7. The van der Waals surface area contributed by atoms with Gasteiger partial charge in [-0.15, -0.1) is 5.92 Å². The Morgan fingerprint density at radius 3 is 2.63 bits per heavy atom. The number of carbonyl (C=O) groups is 1. The van der Waals surface area contributed by atoms with Gasteiger partial charge in [0.1, 0.15) is 0 Å². The smallest absolute Gasteiger partial charge is 0.335 e. The van der Waals surface area contributed by atoms with Crippen LogP contribution in [0.25, 0.3) is 0 Å². The Morgan fingerprint density at radius 2 is 2.11 bits per heavy atom. The van der Waals surface area contributed by atoms with Crippen molar-refractivity contribution in [1.82, 2.24) is 4.72 Å². The van der Waals surface area contributed by atoms with E-state index in [1.807, 2.05) is 0 Å². The summed E-state index contributed by atoms with van der Waals surface area (Å²) < 4.78 is 26.7. The lowest BCUT2D eigenvalue weighted by molar-refractivity contribution is 0.0696. The van der Waals surface area contributed by atoms with Crippen LogP contribution in [0.1, 0.15) is 22.8 Å². The maximum absolute atomic E-state index is 12.1. The summed E-state index contributed by atoms with van der Waals surface area (Å²) in [6.45, 7) is 3.20. The topological polar surface area (TPSA) is 83.5 Å². The summed E-state index contributed by atoms with van der Waals surface area (Å²) >= 11 is 3.16. The Morgan fingerprint density at radius 1 is 1.47 bits per heavy atom. The zero-order valence-corrected chi connectivity index (χ0v) is 12.7. The molecule has 0 atom stereocenters. The molecule has 0 saturated heterocycles. The van der Waals surface area contributed by atoms with Crippen molar-refractivity contribution in [3.8, 4) is 11.8 Å². The molecule has 0 aromatic heterocycles. The van der Waals surface area contributed by atoms with E-state index in [1.165, 1.54) is 6.07 Å². The molecule has 0 unspecified atom stereocenters. The molecule has 7 heteroatoms. The van der Waals surface area contributed by atoms with Gasteiger partial charge in [0.25, 0.3) is 0 Å². The Balaban J connectivity index is 3.31. The third-order valence-corrected chi connectivity index (χ3v) is 5.03. The fraction of sp³-hybridized carbons (Fsp3) is 0.250. The first-order valence-corrected chi connectivity index (χ1v) is 7.50. The van der Waals surface area contributed by atoms with Gasteiger partial charge in [-0.1, -0.05) is 5.92 Å². The van der Waals surface area contributed by atoms with Gasteiger partial charge >= 0.3 is 5.97 Å². The molecule has 1 aromatic rings. The number of nitrogens with one attached hydrogen (secondary N) is 1. The van der Waals surface area contributed by atoms with Gasteiger partial charge in [0.15, 0.2) is 0 Å². The number of hydrogen-bond donors (Lipinski definition) is 2. The number of hydrogen-bond acceptors (Lipinski definition) is 3. The SMILES string of the molecule is CC#CCNS(=O)(=O)c1cc(C(=O)O)cc(C)c1Br. The molecule has 0 aliphatic carbocycles. The predicted octanol–water partition coefficient (Wildman–Crippen LogP) is 1.76. The number of rotatable bonds is 4. The number of sulfonamides is 1.